The molecule has 1 fully saturated rings. The molecule has 1 aromatic rings. The van der Waals surface area contributed by atoms with Crippen LogP contribution in [-0.2, 0) is 4.74 Å². The van der Waals surface area contributed by atoms with E-state index in [1.54, 1.807) is 0 Å². The lowest BCUT2D eigenvalue weighted by Crippen LogP contribution is -2.33. The van der Waals surface area contributed by atoms with E-state index >= 15 is 0 Å². The molecule has 1 aliphatic heterocycles. The predicted octanol–water partition coefficient (Wildman–Crippen LogP) is 3.82. The molecule has 0 aromatic heterocycles. The summed E-state index contributed by atoms with van der Waals surface area (Å²) in [6.45, 7) is 3.07. The van der Waals surface area contributed by atoms with Gasteiger partial charge in [0, 0.05) is 22.8 Å². The van der Waals surface area contributed by atoms with Crippen LogP contribution in [0.4, 0.5) is 5.69 Å². The molecule has 88 valence electrons. The maximum absolute atomic E-state index is 5.67. The molecule has 0 spiro atoms. The Labute approximate surface area is 106 Å². The summed E-state index contributed by atoms with van der Waals surface area (Å²) in [4.78, 5) is 0. The molecule has 0 amide bonds. The first-order chi connectivity index (χ1) is 7.78. The summed E-state index contributed by atoms with van der Waals surface area (Å²) >= 11 is 3.49. The van der Waals surface area contributed by atoms with Crippen molar-refractivity contribution in [2.75, 3.05) is 11.9 Å². The monoisotopic (exact) mass is 283 g/mol. The van der Waals surface area contributed by atoms with Gasteiger partial charge in [0.15, 0.2) is 0 Å². The van der Waals surface area contributed by atoms with Crippen LogP contribution in [0.25, 0.3) is 0 Å². The topological polar surface area (TPSA) is 21.3 Å². The lowest BCUT2D eigenvalue weighted by Gasteiger charge is -2.30. The first-order valence-electron chi connectivity index (χ1n) is 5.91. The minimum atomic E-state index is 0.429. The molecule has 2 rings (SSSR count). The van der Waals surface area contributed by atoms with E-state index < -0.39 is 0 Å². The number of halogens is 1. The van der Waals surface area contributed by atoms with Gasteiger partial charge in [-0.2, -0.15) is 0 Å². The van der Waals surface area contributed by atoms with E-state index in [0.29, 0.717) is 12.1 Å². The van der Waals surface area contributed by atoms with E-state index in [1.165, 1.54) is 5.69 Å². The molecular formula is C13H18BrNO. The zero-order valence-corrected chi connectivity index (χ0v) is 11.2. The third-order valence-electron chi connectivity index (χ3n) is 3.02. The minimum absolute atomic E-state index is 0.429. The van der Waals surface area contributed by atoms with Crippen LogP contribution < -0.4 is 5.32 Å². The zero-order valence-electron chi connectivity index (χ0n) is 9.58. The van der Waals surface area contributed by atoms with Gasteiger partial charge in [0.1, 0.15) is 0 Å². The number of anilines is 1. The van der Waals surface area contributed by atoms with Crippen molar-refractivity contribution in [1.82, 2.24) is 0 Å². The summed E-state index contributed by atoms with van der Waals surface area (Å²) in [7, 11) is 0. The van der Waals surface area contributed by atoms with Crippen LogP contribution in [0.2, 0.25) is 0 Å². The van der Waals surface area contributed by atoms with Crippen LogP contribution in [0, 0.1) is 0 Å². The molecule has 0 saturated carbocycles. The lowest BCUT2D eigenvalue weighted by atomic mass is 10.0. The standard InChI is InChI=1S/C13H18BrNO/c1-2-13-9-12(6-7-16-13)15-11-5-3-4-10(14)8-11/h3-5,8,12-13,15H,2,6-7,9H2,1H3. The number of hydrogen-bond donors (Lipinski definition) is 1. The van der Waals surface area contributed by atoms with Crippen LogP contribution in [0.3, 0.4) is 0 Å². The van der Waals surface area contributed by atoms with E-state index in [-0.39, 0.29) is 0 Å². The number of hydrogen-bond acceptors (Lipinski definition) is 2. The number of nitrogens with one attached hydrogen (secondary N) is 1. The van der Waals surface area contributed by atoms with E-state index in [4.69, 9.17) is 4.74 Å². The van der Waals surface area contributed by atoms with Gasteiger partial charge in [0.2, 0.25) is 0 Å². The Hall–Kier alpha value is -0.540. The Morgan fingerprint density at radius 1 is 1.50 bits per heavy atom. The van der Waals surface area contributed by atoms with E-state index in [9.17, 15) is 0 Å². The van der Waals surface area contributed by atoms with Crippen molar-refractivity contribution < 1.29 is 4.74 Å². The van der Waals surface area contributed by atoms with Crippen LogP contribution in [0.5, 0.6) is 0 Å². The van der Waals surface area contributed by atoms with Gasteiger partial charge in [0.05, 0.1) is 6.10 Å². The summed E-state index contributed by atoms with van der Waals surface area (Å²) < 4.78 is 6.79. The maximum Gasteiger partial charge on any atom is 0.0592 e. The molecule has 0 aliphatic carbocycles. The average molecular weight is 284 g/mol. The molecule has 2 unspecified atom stereocenters. The van der Waals surface area contributed by atoms with Crippen LogP contribution in [-0.4, -0.2) is 18.8 Å². The van der Waals surface area contributed by atoms with Crippen LogP contribution in [0.15, 0.2) is 28.7 Å². The summed E-state index contributed by atoms with van der Waals surface area (Å²) in [5.41, 5.74) is 1.19. The molecule has 1 heterocycles. The van der Waals surface area contributed by atoms with Crippen molar-refractivity contribution in [3.05, 3.63) is 28.7 Å². The van der Waals surface area contributed by atoms with Gasteiger partial charge in [-0.3, -0.25) is 0 Å². The molecule has 2 atom stereocenters. The summed E-state index contributed by atoms with van der Waals surface area (Å²) in [5.74, 6) is 0. The van der Waals surface area contributed by atoms with Crippen molar-refractivity contribution in [3.8, 4) is 0 Å². The Balaban J connectivity index is 1.94. The van der Waals surface area contributed by atoms with Gasteiger partial charge in [-0.1, -0.05) is 28.9 Å². The van der Waals surface area contributed by atoms with Gasteiger partial charge >= 0.3 is 0 Å². The fourth-order valence-electron chi connectivity index (χ4n) is 2.11. The third kappa shape index (κ3) is 3.22. The molecule has 0 radical (unpaired) electrons. The number of rotatable bonds is 3. The van der Waals surface area contributed by atoms with Gasteiger partial charge in [-0.15, -0.1) is 0 Å². The zero-order chi connectivity index (χ0) is 11.4. The number of ether oxygens (including phenoxy) is 1. The highest BCUT2D eigenvalue weighted by Gasteiger charge is 2.20. The molecule has 1 aromatic carbocycles. The van der Waals surface area contributed by atoms with Crippen molar-refractivity contribution in [1.29, 1.82) is 0 Å². The minimum Gasteiger partial charge on any atom is -0.382 e. The SMILES string of the molecule is CCC1CC(Nc2cccc(Br)c2)CCO1. The summed E-state index contributed by atoms with van der Waals surface area (Å²) in [5, 5.41) is 3.58. The predicted molar refractivity (Wildman–Crippen MR) is 70.8 cm³/mol. The Bertz CT molecular complexity index is 342. The van der Waals surface area contributed by atoms with Gasteiger partial charge in [-0.05, 0) is 37.5 Å². The average Bonchev–Trinajstić information content (AvgIpc) is 2.29. The van der Waals surface area contributed by atoms with Crippen LogP contribution in [0.1, 0.15) is 26.2 Å². The highest BCUT2D eigenvalue weighted by atomic mass is 79.9. The van der Waals surface area contributed by atoms with Crippen molar-refractivity contribution in [2.45, 2.75) is 38.3 Å². The fourth-order valence-corrected chi connectivity index (χ4v) is 2.51. The Morgan fingerprint density at radius 3 is 3.12 bits per heavy atom. The third-order valence-corrected chi connectivity index (χ3v) is 3.51. The summed E-state index contributed by atoms with van der Waals surface area (Å²) in [6, 6.07) is 8.89. The normalized spacial score (nSPS) is 25.4. The molecular weight excluding hydrogens is 266 g/mol. The van der Waals surface area contributed by atoms with E-state index in [0.717, 1.165) is 30.3 Å². The van der Waals surface area contributed by atoms with E-state index in [2.05, 4.69) is 46.4 Å². The number of benzene rings is 1. The quantitative estimate of drug-likeness (QED) is 0.911. The maximum atomic E-state index is 5.67. The van der Waals surface area contributed by atoms with Gasteiger partial charge in [0.25, 0.3) is 0 Å². The molecule has 0 bridgehead atoms. The van der Waals surface area contributed by atoms with Gasteiger partial charge in [-0.25, -0.2) is 0 Å². The van der Waals surface area contributed by atoms with Crippen molar-refractivity contribution in [2.24, 2.45) is 0 Å². The van der Waals surface area contributed by atoms with Crippen LogP contribution >= 0.6 is 15.9 Å². The smallest absolute Gasteiger partial charge is 0.0592 e. The highest BCUT2D eigenvalue weighted by molar-refractivity contribution is 9.10. The largest absolute Gasteiger partial charge is 0.382 e. The molecule has 3 heteroatoms. The molecule has 16 heavy (non-hydrogen) atoms. The second-order valence-corrected chi connectivity index (χ2v) is 5.19. The Morgan fingerprint density at radius 2 is 2.38 bits per heavy atom. The lowest BCUT2D eigenvalue weighted by molar-refractivity contribution is 0.00926. The molecule has 1 saturated heterocycles. The second kappa shape index (κ2) is 5.69. The van der Waals surface area contributed by atoms with E-state index in [1.807, 2.05) is 6.07 Å². The first-order valence-corrected chi connectivity index (χ1v) is 6.71. The molecule has 1 N–H and O–H groups in total. The first kappa shape index (κ1) is 11.9. The molecule has 2 nitrogen and oxygen atoms in total. The fraction of sp³-hybridized carbons (Fsp3) is 0.538. The van der Waals surface area contributed by atoms with Gasteiger partial charge < -0.3 is 10.1 Å². The highest BCUT2D eigenvalue weighted by Crippen LogP contribution is 2.22. The van der Waals surface area contributed by atoms with Crippen molar-refractivity contribution in [3.63, 3.8) is 0 Å². The second-order valence-electron chi connectivity index (χ2n) is 4.28. The molecule has 1 aliphatic rings. The summed E-state index contributed by atoms with van der Waals surface area (Å²) in [6.07, 6.45) is 3.75. The van der Waals surface area contributed by atoms with Crippen molar-refractivity contribution >= 4 is 21.6 Å². The Kier molecular flexibility index (Phi) is 4.24.